The minimum absolute atomic E-state index is 0.277. The van der Waals surface area contributed by atoms with E-state index in [4.69, 9.17) is 0 Å². The van der Waals surface area contributed by atoms with Gasteiger partial charge in [0.15, 0.2) is 0 Å². The van der Waals surface area contributed by atoms with Crippen molar-refractivity contribution >= 4 is 8.07 Å². The number of rotatable bonds is 6. The maximum absolute atomic E-state index is 9.50. The Labute approximate surface area is 83.2 Å². The summed E-state index contributed by atoms with van der Waals surface area (Å²) < 4.78 is 0. The zero-order valence-corrected chi connectivity index (χ0v) is 10.1. The summed E-state index contributed by atoms with van der Waals surface area (Å²) >= 11 is 0. The van der Waals surface area contributed by atoms with Gasteiger partial charge < -0.3 is 5.11 Å². The summed E-state index contributed by atoms with van der Waals surface area (Å²) in [6, 6.07) is 1.11. The minimum Gasteiger partial charge on any atom is -0.392 e. The fourth-order valence-electron chi connectivity index (χ4n) is 1.43. The summed E-state index contributed by atoms with van der Waals surface area (Å²) in [5, 5.41) is 9.50. The lowest BCUT2D eigenvalue weighted by Crippen LogP contribution is -2.21. The van der Waals surface area contributed by atoms with Crippen LogP contribution in [0, 0.1) is 0 Å². The van der Waals surface area contributed by atoms with Crippen molar-refractivity contribution in [3.8, 4) is 0 Å². The highest BCUT2D eigenvalue weighted by Crippen LogP contribution is 2.19. The Hall–Kier alpha value is -0.343. The maximum Gasteiger partial charge on any atom is 0.0611 e. The quantitative estimate of drug-likeness (QED) is 0.513. The molecule has 0 aliphatic carbocycles. The van der Waals surface area contributed by atoms with E-state index in [-0.39, 0.29) is 6.10 Å². The molecular formula is C11H22OSi. The molecule has 76 valence electrons. The highest BCUT2D eigenvalue weighted by Gasteiger charge is 2.15. The number of aliphatic hydroxyl groups excluding tert-OH is 1. The van der Waals surface area contributed by atoms with Crippen LogP contribution in [0.15, 0.2) is 24.8 Å². The van der Waals surface area contributed by atoms with Crippen LogP contribution in [0.1, 0.15) is 12.8 Å². The lowest BCUT2D eigenvalue weighted by Gasteiger charge is -2.19. The van der Waals surface area contributed by atoms with Gasteiger partial charge in [-0.25, -0.2) is 0 Å². The van der Waals surface area contributed by atoms with Crippen LogP contribution in [0.3, 0.4) is 0 Å². The van der Waals surface area contributed by atoms with Crippen molar-refractivity contribution < 1.29 is 5.11 Å². The fraction of sp³-hybridized carbons (Fsp3) is 0.636. The van der Waals surface area contributed by atoms with Crippen LogP contribution in [0.4, 0.5) is 0 Å². The van der Waals surface area contributed by atoms with Crippen molar-refractivity contribution in [2.24, 2.45) is 0 Å². The molecule has 0 spiro atoms. The van der Waals surface area contributed by atoms with E-state index in [1.165, 1.54) is 5.57 Å². The molecule has 0 fully saturated rings. The van der Waals surface area contributed by atoms with E-state index < -0.39 is 8.07 Å². The first-order valence-electron chi connectivity index (χ1n) is 4.81. The molecule has 2 heteroatoms. The van der Waals surface area contributed by atoms with Gasteiger partial charge in [-0.15, -0.1) is 13.2 Å². The molecular weight excluding hydrogens is 176 g/mol. The summed E-state index contributed by atoms with van der Waals surface area (Å²) in [5.41, 5.74) is 1.19. The molecule has 0 unspecified atom stereocenters. The Balaban J connectivity index is 3.81. The van der Waals surface area contributed by atoms with E-state index in [1.54, 1.807) is 6.08 Å². The van der Waals surface area contributed by atoms with Crippen LogP contribution in [-0.4, -0.2) is 19.3 Å². The molecule has 0 aromatic carbocycles. The maximum atomic E-state index is 9.50. The van der Waals surface area contributed by atoms with Gasteiger partial charge in [0.2, 0.25) is 0 Å². The van der Waals surface area contributed by atoms with Crippen LogP contribution in [0.5, 0.6) is 0 Å². The first-order valence-corrected chi connectivity index (χ1v) is 8.51. The molecule has 0 amide bonds. The van der Waals surface area contributed by atoms with Crippen molar-refractivity contribution in [2.45, 2.75) is 44.6 Å². The van der Waals surface area contributed by atoms with Gasteiger partial charge in [0.1, 0.15) is 0 Å². The van der Waals surface area contributed by atoms with Gasteiger partial charge in [-0.05, 0) is 18.9 Å². The first kappa shape index (κ1) is 12.7. The Morgan fingerprint density at radius 2 is 2.00 bits per heavy atom. The second-order valence-electron chi connectivity index (χ2n) is 4.87. The second kappa shape index (κ2) is 5.40. The van der Waals surface area contributed by atoms with Gasteiger partial charge in [0.05, 0.1) is 6.10 Å². The topological polar surface area (TPSA) is 20.2 Å². The van der Waals surface area contributed by atoms with Crippen LogP contribution in [0.25, 0.3) is 0 Å². The van der Waals surface area contributed by atoms with Crippen LogP contribution < -0.4 is 0 Å². The van der Waals surface area contributed by atoms with Gasteiger partial charge in [0.25, 0.3) is 0 Å². The van der Waals surface area contributed by atoms with E-state index in [9.17, 15) is 5.11 Å². The largest absolute Gasteiger partial charge is 0.392 e. The summed E-state index contributed by atoms with van der Waals surface area (Å²) in [4.78, 5) is 0. The molecule has 0 saturated heterocycles. The summed E-state index contributed by atoms with van der Waals surface area (Å²) in [6.45, 7) is 14.6. The molecule has 0 aliphatic rings. The highest BCUT2D eigenvalue weighted by molar-refractivity contribution is 6.76. The zero-order valence-electron chi connectivity index (χ0n) is 9.14. The molecule has 1 N–H and O–H groups in total. The van der Waals surface area contributed by atoms with Gasteiger partial charge in [-0.2, -0.15) is 0 Å². The van der Waals surface area contributed by atoms with Gasteiger partial charge in [0, 0.05) is 8.07 Å². The minimum atomic E-state index is -1.05. The van der Waals surface area contributed by atoms with Crippen molar-refractivity contribution in [3.05, 3.63) is 24.8 Å². The third kappa shape index (κ3) is 8.00. The van der Waals surface area contributed by atoms with E-state index in [1.807, 2.05) is 0 Å². The Morgan fingerprint density at radius 3 is 2.38 bits per heavy atom. The van der Waals surface area contributed by atoms with Crippen molar-refractivity contribution in [3.63, 3.8) is 0 Å². The average Bonchev–Trinajstić information content (AvgIpc) is 1.81. The summed E-state index contributed by atoms with van der Waals surface area (Å²) in [6.07, 6.45) is 2.88. The predicted octanol–water partition coefficient (Wildman–Crippen LogP) is 3.21. The third-order valence-corrected chi connectivity index (χ3v) is 3.30. The van der Waals surface area contributed by atoms with E-state index in [0.717, 1.165) is 12.5 Å². The molecule has 0 heterocycles. The predicted molar refractivity (Wildman–Crippen MR) is 62.7 cm³/mol. The van der Waals surface area contributed by atoms with E-state index >= 15 is 0 Å². The van der Waals surface area contributed by atoms with Crippen molar-refractivity contribution in [1.29, 1.82) is 0 Å². The Morgan fingerprint density at radius 1 is 1.46 bits per heavy atom. The normalized spacial score (nSPS) is 13.8. The molecule has 0 aromatic rings. The van der Waals surface area contributed by atoms with Gasteiger partial charge >= 0.3 is 0 Å². The summed E-state index contributed by atoms with van der Waals surface area (Å²) in [7, 11) is -1.05. The smallest absolute Gasteiger partial charge is 0.0611 e. The lowest BCUT2D eigenvalue weighted by molar-refractivity contribution is 0.178. The summed E-state index contributed by atoms with van der Waals surface area (Å²) in [5.74, 6) is 0. The van der Waals surface area contributed by atoms with E-state index in [0.29, 0.717) is 6.42 Å². The Kier molecular flexibility index (Phi) is 5.26. The lowest BCUT2D eigenvalue weighted by atomic mass is 10.1. The highest BCUT2D eigenvalue weighted by atomic mass is 28.3. The zero-order chi connectivity index (χ0) is 10.5. The van der Waals surface area contributed by atoms with Crippen molar-refractivity contribution in [1.82, 2.24) is 0 Å². The van der Waals surface area contributed by atoms with E-state index in [2.05, 4.69) is 32.8 Å². The SMILES string of the molecule is C=CC[C@H](O)CC(=C)C[Si](C)(C)C. The fourth-order valence-corrected chi connectivity index (χ4v) is 3.08. The molecule has 0 aliphatic heterocycles. The van der Waals surface area contributed by atoms with Crippen LogP contribution in [0.2, 0.25) is 25.7 Å². The van der Waals surface area contributed by atoms with Crippen LogP contribution in [-0.2, 0) is 0 Å². The van der Waals surface area contributed by atoms with Gasteiger partial charge in [-0.1, -0.05) is 31.3 Å². The number of aliphatic hydroxyl groups is 1. The first-order chi connectivity index (χ1) is 5.85. The molecule has 0 radical (unpaired) electrons. The standard InChI is InChI=1S/C11H22OSi/c1-6-7-11(12)8-10(2)9-13(3,4)5/h6,11-12H,1-2,7-9H2,3-5H3/t11-/m0/s1. The number of hydrogen-bond acceptors (Lipinski definition) is 1. The molecule has 0 rings (SSSR count). The molecule has 1 nitrogen and oxygen atoms in total. The number of hydrogen-bond donors (Lipinski definition) is 1. The van der Waals surface area contributed by atoms with Crippen LogP contribution >= 0.6 is 0 Å². The van der Waals surface area contributed by atoms with Crippen molar-refractivity contribution in [2.75, 3.05) is 0 Å². The molecule has 13 heavy (non-hydrogen) atoms. The molecule has 0 saturated carbocycles. The average molecular weight is 198 g/mol. The van der Waals surface area contributed by atoms with Gasteiger partial charge in [-0.3, -0.25) is 0 Å². The third-order valence-electron chi connectivity index (χ3n) is 1.74. The Bertz CT molecular complexity index is 179. The molecule has 0 aromatic heterocycles. The molecule has 1 atom stereocenters. The monoisotopic (exact) mass is 198 g/mol. The second-order valence-corrected chi connectivity index (χ2v) is 10.3. The molecule has 0 bridgehead atoms.